The number of halogens is 1. The lowest BCUT2D eigenvalue weighted by Crippen LogP contribution is -1.96. The van der Waals surface area contributed by atoms with E-state index in [2.05, 4.69) is 5.16 Å². The first-order valence-electron chi connectivity index (χ1n) is 4.98. The molecule has 0 aliphatic carbocycles. The molecule has 0 amide bonds. The second-order valence-corrected chi connectivity index (χ2v) is 6.17. The minimum Gasteiger partial charge on any atom is -0.495 e. The summed E-state index contributed by atoms with van der Waals surface area (Å²) in [7, 11) is 2.84. The zero-order valence-corrected chi connectivity index (χ0v) is 11.2. The maximum Gasteiger partial charge on any atom is 0.265 e. The van der Waals surface area contributed by atoms with E-state index < -0.39 is 9.05 Å². The predicted molar refractivity (Wildman–Crippen MR) is 66.3 cm³/mol. The van der Waals surface area contributed by atoms with Crippen LogP contribution in [-0.4, -0.2) is 20.7 Å². The van der Waals surface area contributed by atoms with Crippen molar-refractivity contribution in [2.75, 3.05) is 7.11 Å². The molecule has 1 heterocycles. The van der Waals surface area contributed by atoms with Gasteiger partial charge in [0.1, 0.15) is 10.6 Å². The number of ether oxygens (including phenoxy) is 1. The molecule has 0 atom stereocenters. The van der Waals surface area contributed by atoms with Gasteiger partial charge in [-0.15, -0.1) is 0 Å². The molecule has 0 bridgehead atoms. The summed E-state index contributed by atoms with van der Waals surface area (Å²) in [6, 6.07) is 6.28. The van der Waals surface area contributed by atoms with Crippen molar-refractivity contribution < 1.29 is 17.7 Å². The highest BCUT2D eigenvalue weighted by atomic mass is 35.7. The maximum absolute atomic E-state index is 11.4. The SMILES string of the molecule is COc1ccc(-c2cc(C)no2)cc1S(=O)(=O)Cl. The van der Waals surface area contributed by atoms with Crippen molar-refractivity contribution in [2.24, 2.45) is 0 Å². The van der Waals surface area contributed by atoms with Crippen molar-refractivity contribution in [1.82, 2.24) is 5.16 Å². The number of aromatic nitrogens is 1. The zero-order chi connectivity index (χ0) is 13.3. The fraction of sp³-hybridized carbons (Fsp3) is 0.182. The average molecular weight is 288 g/mol. The van der Waals surface area contributed by atoms with Gasteiger partial charge in [-0.2, -0.15) is 0 Å². The largest absolute Gasteiger partial charge is 0.495 e. The van der Waals surface area contributed by atoms with Crippen LogP contribution in [0.15, 0.2) is 33.7 Å². The number of rotatable bonds is 3. The Morgan fingerprint density at radius 1 is 1.33 bits per heavy atom. The first kappa shape index (κ1) is 12.9. The molecule has 0 aliphatic heterocycles. The highest BCUT2D eigenvalue weighted by molar-refractivity contribution is 8.13. The fourth-order valence-electron chi connectivity index (χ4n) is 1.52. The summed E-state index contributed by atoms with van der Waals surface area (Å²) in [5, 5.41) is 3.74. The Bertz CT molecular complexity index is 678. The van der Waals surface area contributed by atoms with Crippen molar-refractivity contribution in [3.63, 3.8) is 0 Å². The second kappa shape index (κ2) is 4.62. The van der Waals surface area contributed by atoms with Gasteiger partial charge in [-0.1, -0.05) is 5.16 Å². The van der Waals surface area contributed by atoms with Crippen LogP contribution in [0.2, 0.25) is 0 Å². The Kier molecular flexibility index (Phi) is 3.32. The van der Waals surface area contributed by atoms with Crippen LogP contribution < -0.4 is 4.74 Å². The molecule has 1 aromatic carbocycles. The summed E-state index contributed by atoms with van der Waals surface area (Å²) in [4.78, 5) is -0.0989. The molecule has 5 nitrogen and oxygen atoms in total. The van der Waals surface area contributed by atoms with E-state index in [1.165, 1.54) is 19.2 Å². The van der Waals surface area contributed by atoms with Crippen molar-refractivity contribution in [3.05, 3.63) is 30.0 Å². The summed E-state index contributed by atoms with van der Waals surface area (Å²) in [5.41, 5.74) is 1.27. The molecule has 0 N–H and O–H groups in total. The number of hydrogen-bond donors (Lipinski definition) is 0. The maximum atomic E-state index is 11.4. The molecule has 2 aromatic rings. The summed E-state index contributed by atoms with van der Waals surface area (Å²) < 4.78 is 32.9. The lowest BCUT2D eigenvalue weighted by Gasteiger charge is -2.06. The van der Waals surface area contributed by atoms with E-state index in [1.54, 1.807) is 19.1 Å². The van der Waals surface area contributed by atoms with Crippen LogP contribution in [0.5, 0.6) is 5.75 Å². The van der Waals surface area contributed by atoms with Crippen molar-refractivity contribution in [1.29, 1.82) is 0 Å². The highest BCUT2D eigenvalue weighted by Gasteiger charge is 2.18. The van der Waals surface area contributed by atoms with Gasteiger partial charge < -0.3 is 9.26 Å². The highest BCUT2D eigenvalue weighted by Crippen LogP contribution is 2.32. The monoisotopic (exact) mass is 287 g/mol. The molecule has 7 heteroatoms. The molecular weight excluding hydrogens is 278 g/mol. The smallest absolute Gasteiger partial charge is 0.265 e. The van der Waals surface area contributed by atoms with Crippen LogP contribution in [0.25, 0.3) is 11.3 Å². The molecule has 0 saturated carbocycles. The number of nitrogens with zero attached hydrogens (tertiary/aromatic N) is 1. The number of hydrogen-bond acceptors (Lipinski definition) is 5. The zero-order valence-electron chi connectivity index (χ0n) is 9.68. The van der Waals surface area contributed by atoms with E-state index in [1.807, 2.05) is 0 Å². The van der Waals surface area contributed by atoms with Crippen LogP contribution in [0.4, 0.5) is 0 Å². The van der Waals surface area contributed by atoms with Gasteiger partial charge >= 0.3 is 0 Å². The van der Waals surface area contributed by atoms with Gasteiger partial charge in [0.05, 0.1) is 12.8 Å². The van der Waals surface area contributed by atoms with Crippen molar-refractivity contribution >= 4 is 19.7 Å². The normalized spacial score (nSPS) is 11.5. The average Bonchev–Trinajstić information content (AvgIpc) is 2.74. The summed E-state index contributed by atoms with van der Waals surface area (Å²) >= 11 is 0. The molecule has 0 spiro atoms. The number of benzene rings is 1. The Morgan fingerprint density at radius 3 is 2.56 bits per heavy atom. The topological polar surface area (TPSA) is 69.4 Å². The lowest BCUT2D eigenvalue weighted by atomic mass is 10.1. The van der Waals surface area contributed by atoms with Gasteiger partial charge in [0, 0.05) is 22.3 Å². The third-order valence-corrected chi connectivity index (χ3v) is 3.68. The van der Waals surface area contributed by atoms with E-state index in [4.69, 9.17) is 19.9 Å². The molecule has 0 radical (unpaired) electrons. The third-order valence-electron chi connectivity index (χ3n) is 2.34. The molecular formula is C11H10ClNO4S. The van der Waals surface area contributed by atoms with E-state index in [-0.39, 0.29) is 10.6 Å². The standard InChI is InChI=1S/C11H10ClNO4S/c1-7-5-10(17-13-7)8-3-4-9(16-2)11(6-8)18(12,14)15/h3-6H,1-2H3. The van der Waals surface area contributed by atoms with Gasteiger partial charge in [0.25, 0.3) is 9.05 Å². The Balaban J connectivity index is 2.60. The van der Waals surface area contributed by atoms with Crippen molar-refractivity contribution in [2.45, 2.75) is 11.8 Å². The van der Waals surface area contributed by atoms with Gasteiger partial charge in [-0.25, -0.2) is 8.42 Å². The van der Waals surface area contributed by atoms with E-state index >= 15 is 0 Å². The minimum absolute atomic E-state index is 0.0989. The summed E-state index contributed by atoms with van der Waals surface area (Å²) in [5.74, 6) is 0.654. The molecule has 0 unspecified atom stereocenters. The Hall–Kier alpha value is -1.53. The molecule has 18 heavy (non-hydrogen) atoms. The number of aryl methyl sites for hydroxylation is 1. The van der Waals surface area contributed by atoms with Crippen LogP contribution in [0.3, 0.4) is 0 Å². The Morgan fingerprint density at radius 2 is 2.06 bits per heavy atom. The first-order chi connectivity index (χ1) is 8.41. The Labute approximate surface area is 109 Å². The van der Waals surface area contributed by atoms with Crippen LogP contribution in [0.1, 0.15) is 5.69 Å². The molecule has 96 valence electrons. The van der Waals surface area contributed by atoms with Crippen LogP contribution in [-0.2, 0) is 9.05 Å². The van der Waals surface area contributed by atoms with Gasteiger partial charge in [-0.05, 0) is 25.1 Å². The van der Waals surface area contributed by atoms with Crippen molar-refractivity contribution in [3.8, 4) is 17.1 Å². The van der Waals surface area contributed by atoms with Gasteiger partial charge in [0.15, 0.2) is 5.76 Å². The fourth-order valence-corrected chi connectivity index (χ4v) is 2.54. The molecule has 1 aromatic heterocycles. The third kappa shape index (κ3) is 2.49. The van der Waals surface area contributed by atoms with E-state index in [0.717, 1.165) is 0 Å². The number of methoxy groups -OCH3 is 1. The quantitative estimate of drug-likeness (QED) is 0.812. The summed E-state index contributed by atoms with van der Waals surface area (Å²) in [6.45, 7) is 1.77. The van der Waals surface area contributed by atoms with Gasteiger partial charge in [0.2, 0.25) is 0 Å². The van der Waals surface area contributed by atoms with E-state index in [9.17, 15) is 8.42 Å². The van der Waals surface area contributed by atoms with Gasteiger partial charge in [-0.3, -0.25) is 0 Å². The summed E-state index contributed by atoms with van der Waals surface area (Å²) in [6.07, 6.45) is 0. The molecule has 0 saturated heterocycles. The minimum atomic E-state index is -3.88. The van der Waals surface area contributed by atoms with E-state index in [0.29, 0.717) is 17.0 Å². The predicted octanol–water partition coefficient (Wildman–Crippen LogP) is 2.59. The lowest BCUT2D eigenvalue weighted by molar-refractivity contribution is 0.402. The molecule has 2 rings (SSSR count). The molecule has 0 aliphatic rings. The first-order valence-corrected chi connectivity index (χ1v) is 7.29. The molecule has 0 fully saturated rings. The van der Waals surface area contributed by atoms with Crippen LogP contribution in [0, 0.1) is 6.92 Å². The van der Waals surface area contributed by atoms with Crippen LogP contribution >= 0.6 is 10.7 Å². The second-order valence-electron chi connectivity index (χ2n) is 3.64.